The maximum absolute atomic E-state index is 13.0. The Bertz CT molecular complexity index is 1100. The van der Waals surface area contributed by atoms with Crippen molar-refractivity contribution in [3.05, 3.63) is 0 Å². The molecular weight excluding hydrogens is 797 g/mol. The first-order valence-electron chi connectivity index (χ1n) is 23.0. The third kappa shape index (κ3) is 35.8. The van der Waals surface area contributed by atoms with Gasteiger partial charge in [0.25, 0.3) is 0 Å². The lowest BCUT2D eigenvalue weighted by Crippen LogP contribution is -2.37. The van der Waals surface area contributed by atoms with Gasteiger partial charge in [-0.1, -0.05) is 142 Å². The summed E-state index contributed by atoms with van der Waals surface area (Å²) in [5.41, 5.74) is 0. The van der Waals surface area contributed by atoms with Crippen LogP contribution in [0.1, 0.15) is 200 Å². The summed E-state index contributed by atoms with van der Waals surface area (Å²) in [5, 5.41) is 30.0. The lowest BCUT2D eigenvalue weighted by atomic mass is 9.99. The van der Waals surface area contributed by atoms with Gasteiger partial charge in [0.05, 0.1) is 25.2 Å². The zero-order valence-corrected chi connectivity index (χ0v) is 37.8. The molecule has 3 atom stereocenters. The number of aliphatic hydroxyl groups is 2. The Morgan fingerprint density at radius 2 is 0.867 bits per heavy atom. The second-order valence-electron chi connectivity index (χ2n) is 15.7. The van der Waals surface area contributed by atoms with Gasteiger partial charge in [0.2, 0.25) is 6.29 Å². The molecule has 14 nitrogen and oxygen atoms in total. The minimum absolute atomic E-state index is 0.0917. The standard InChI is InChI=1S/C45H80O14S/c1-3-5-7-9-11-13-15-17-19-21-23-25-42(52)58-44(59-43(53)26-24-22-20-18-16-14-12-10-8-6-4-2)30-27-36(33-39(48)49)45(54)57-35-38(47)37(46)34-56-41(51)29-28-40(50)55-31-32-60/h36-38,44,46-47,60H,3-35H2,1-2H3,(H,48,49). The quantitative estimate of drug-likeness (QED) is 0.0149. The number of aliphatic carboxylic acids is 1. The average molecular weight is 877 g/mol. The molecule has 0 spiro atoms. The molecule has 350 valence electrons. The van der Waals surface area contributed by atoms with Gasteiger partial charge in [-0.05, 0) is 19.3 Å². The largest absolute Gasteiger partial charge is 0.481 e. The number of esters is 5. The maximum Gasteiger partial charge on any atom is 0.309 e. The van der Waals surface area contributed by atoms with Crippen LogP contribution in [-0.4, -0.2) is 95.2 Å². The van der Waals surface area contributed by atoms with E-state index >= 15 is 0 Å². The van der Waals surface area contributed by atoms with E-state index in [0.29, 0.717) is 18.6 Å². The van der Waals surface area contributed by atoms with E-state index in [1.807, 2.05) is 0 Å². The summed E-state index contributed by atoms with van der Waals surface area (Å²) < 4.78 is 25.9. The lowest BCUT2D eigenvalue weighted by molar-refractivity contribution is -0.190. The number of carbonyl (C=O) groups excluding carboxylic acids is 5. The van der Waals surface area contributed by atoms with E-state index in [0.717, 1.165) is 38.5 Å². The van der Waals surface area contributed by atoms with Crippen molar-refractivity contribution >= 4 is 48.4 Å². The zero-order valence-electron chi connectivity index (χ0n) is 36.9. The molecule has 0 radical (unpaired) electrons. The first-order chi connectivity index (χ1) is 28.9. The van der Waals surface area contributed by atoms with Crippen molar-refractivity contribution in [1.29, 1.82) is 0 Å². The Morgan fingerprint density at radius 3 is 1.27 bits per heavy atom. The molecule has 0 heterocycles. The molecule has 3 N–H and O–H groups in total. The van der Waals surface area contributed by atoms with Gasteiger partial charge in [0, 0.05) is 25.0 Å². The fourth-order valence-electron chi connectivity index (χ4n) is 6.47. The summed E-state index contributed by atoms with van der Waals surface area (Å²) in [4.78, 5) is 73.8. The van der Waals surface area contributed by atoms with Crippen LogP contribution >= 0.6 is 12.6 Å². The summed E-state index contributed by atoms with van der Waals surface area (Å²) in [7, 11) is 0. The van der Waals surface area contributed by atoms with Crippen LogP contribution in [0.2, 0.25) is 0 Å². The Labute approximate surface area is 365 Å². The van der Waals surface area contributed by atoms with Crippen LogP contribution in [0.5, 0.6) is 0 Å². The highest BCUT2D eigenvalue weighted by Gasteiger charge is 2.29. The van der Waals surface area contributed by atoms with Crippen molar-refractivity contribution in [2.45, 2.75) is 219 Å². The molecular formula is C45H80O14S. The van der Waals surface area contributed by atoms with Crippen LogP contribution in [0.15, 0.2) is 0 Å². The summed E-state index contributed by atoms with van der Waals surface area (Å²) in [6.45, 7) is 3.11. The molecule has 0 saturated carbocycles. The molecule has 15 heteroatoms. The minimum Gasteiger partial charge on any atom is -0.481 e. The van der Waals surface area contributed by atoms with Gasteiger partial charge >= 0.3 is 35.8 Å². The van der Waals surface area contributed by atoms with Gasteiger partial charge in [-0.3, -0.25) is 28.8 Å². The second-order valence-corrected chi connectivity index (χ2v) is 16.2. The van der Waals surface area contributed by atoms with E-state index in [1.54, 1.807) is 0 Å². The predicted molar refractivity (Wildman–Crippen MR) is 231 cm³/mol. The lowest BCUT2D eigenvalue weighted by Gasteiger charge is -2.22. The molecule has 3 unspecified atom stereocenters. The molecule has 0 rings (SSSR count). The van der Waals surface area contributed by atoms with Crippen LogP contribution in [0.4, 0.5) is 0 Å². The third-order valence-electron chi connectivity index (χ3n) is 10.1. The summed E-state index contributed by atoms with van der Waals surface area (Å²) in [6, 6.07) is 0. The highest BCUT2D eigenvalue weighted by atomic mass is 32.1. The number of carboxylic acids is 1. The maximum atomic E-state index is 13.0. The molecule has 0 fully saturated rings. The zero-order chi connectivity index (χ0) is 44.6. The number of rotatable bonds is 42. The Balaban J connectivity index is 5.07. The van der Waals surface area contributed by atoms with Crippen molar-refractivity contribution in [3.8, 4) is 0 Å². The van der Waals surface area contributed by atoms with E-state index in [4.69, 9.17) is 23.7 Å². The molecule has 0 aliphatic rings. The molecule has 0 aliphatic heterocycles. The monoisotopic (exact) mass is 877 g/mol. The molecule has 0 aromatic rings. The van der Waals surface area contributed by atoms with Crippen LogP contribution in [0, 0.1) is 5.92 Å². The van der Waals surface area contributed by atoms with Crippen LogP contribution in [0.3, 0.4) is 0 Å². The van der Waals surface area contributed by atoms with Crippen LogP contribution in [0.25, 0.3) is 0 Å². The Kier molecular flexibility index (Phi) is 38.2. The Morgan fingerprint density at radius 1 is 0.483 bits per heavy atom. The van der Waals surface area contributed by atoms with E-state index < -0.39 is 79.9 Å². The fraction of sp³-hybridized carbons (Fsp3) is 0.867. The molecule has 0 aliphatic carbocycles. The predicted octanol–water partition coefficient (Wildman–Crippen LogP) is 8.73. The number of unbranched alkanes of at least 4 members (excludes halogenated alkanes) is 20. The minimum atomic E-state index is -1.69. The number of hydrogen-bond acceptors (Lipinski definition) is 14. The van der Waals surface area contributed by atoms with E-state index in [2.05, 4.69) is 26.5 Å². The number of carboxylic acid groups (broad SMARTS) is 1. The molecule has 0 saturated heterocycles. The molecule has 0 aromatic heterocycles. The van der Waals surface area contributed by atoms with Gasteiger partial charge in [-0.25, -0.2) is 0 Å². The van der Waals surface area contributed by atoms with Crippen LogP contribution in [-0.2, 0) is 52.5 Å². The topological polar surface area (TPSA) is 209 Å². The van der Waals surface area contributed by atoms with Gasteiger partial charge in [0.1, 0.15) is 32.0 Å². The van der Waals surface area contributed by atoms with Crippen LogP contribution < -0.4 is 0 Å². The third-order valence-corrected chi connectivity index (χ3v) is 10.3. The number of aliphatic hydroxyl groups excluding tert-OH is 2. The smallest absolute Gasteiger partial charge is 0.309 e. The highest BCUT2D eigenvalue weighted by Crippen LogP contribution is 2.20. The normalized spacial score (nSPS) is 12.7. The number of hydrogen-bond donors (Lipinski definition) is 4. The molecule has 0 aromatic carbocycles. The highest BCUT2D eigenvalue weighted by molar-refractivity contribution is 7.80. The SMILES string of the molecule is CCCCCCCCCCCCCC(=O)OC(CCC(CC(=O)O)C(=O)OCC(O)C(O)COC(=O)CCC(=O)OCCS)OC(=O)CCCCCCCCCCCCC. The van der Waals surface area contributed by atoms with Gasteiger partial charge in [-0.2, -0.15) is 12.6 Å². The number of thiol groups is 1. The first kappa shape index (κ1) is 57.1. The average Bonchev–Trinajstić information content (AvgIpc) is 3.22. The molecule has 60 heavy (non-hydrogen) atoms. The van der Waals surface area contributed by atoms with Crippen molar-refractivity contribution in [1.82, 2.24) is 0 Å². The van der Waals surface area contributed by atoms with Gasteiger partial charge in [0.15, 0.2) is 0 Å². The van der Waals surface area contributed by atoms with Gasteiger partial charge < -0.3 is 39.0 Å². The van der Waals surface area contributed by atoms with Crippen molar-refractivity contribution in [3.63, 3.8) is 0 Å². The Hall–Kier alpha value is -2.91. The van der Waals surface area contributed by atoms with Crippen molar-refractivity contribution in [2.75, 3.05) is 25.6 Å². The summed E-state index contributed by atoms with van der Waals surface area (Å²) in [5.74, 6) is -5.79. The molecule has 0 amide bonds. The summed E-state index contributed by atoms with van der Waals surface area (Å²) in [6.07, 6.45) is 18.6. The van der Waals surface area contributed by atoms with Crippen molar-refractivity contribution < 1.29 is 67.8 Å². The number of ether oxygens (including phenoxy) is 5. The fourth-order valence-corrected chi connectivity index (χ4v) is 6.56. The molecule has 0 bridgehead atoms. The van der Waals surface area contributed by atoms with E-state index in [1.165, 1.54) is 89.9 Å². The van der Waals surface area contributed by atoms with E-state index in [-0.39, 0.29) is 45.1 Å². The first-order valence-corrected chi connectivity index (χ1v) is 23.6. The van der Waals surface area contributed by atoms with Crippen molar-refractivity contribution in [2.24, 2.45) is 5.92 Å². The van der Waals surface area contributed by atoms with E-state index in [9.17, 15) is 44.1 Å². The second kappa shape index (κ2) is 40.2. The van der Waals surface area contributed by atoms with Gasteiger partial charge in [-0.15, -0.1) is 0 Å². The summed E-state index contributed by atoms with van der Waals surface area (Å²) >= 11 is 3.92. The number of carbonyl (C=O) groups is 6.